The van der Waals surface area contributed by atoms with E-state index in [1.165, 1.54) is 29.8 Å². The number of aromatic nitrogens is 1. The number of ketones is 1. The van der Waals surface area contributed by atoms with Crippen LogP contribution in [0.25, 0.3) is 0 Å². The summed E-state index contributed by atoms with van der Waals surface area (Å²) >= 11 is 5.44. The van der Waals surface area contributed by atoms with E-state index in [4.69, 9.17) is 12.2 Å². The lowest BCUT2D eigenvalue weighted by Gasteiger charge is -2.19. The van der Waals surface area contributed by atoms with Gasteiger partial charge < -0.3 is 5.32 Å². The van der Waals surface area contributed by atoms with E-state index in [-0.39, 0.29) is 17.0 Å². The van der Waals surface area contributed by atoms with E-state index in [1.807, 2.05) is 31.5 Å². The minimum absolute atomic E-state index is 0.0255. The maximum Gasteiger partial charge on any atom is 0.270 e. The van der Waals surface area contributed by atoms with Gasteiger partial charge in [0.15, 0.2) is 17.4 Å². The Hall–Kier alpha value is -2.14. The molecule has 0 aliphatic rings. The molecule has 0 radical (unpaired) electrons. The van der Waals surface area contributed by atoms with Crippen LogP contribution in [0, 0.1) is 5.82 Å². The molecule has 1 N–H and O–H groups in total. The second-order valence-corrected chi connectivity index (χ2v) is 7.39. The molecule has 132 valence electrons. The molecule has 3 nitrogen and oxygen atoms in total. The van der Waals surface area contributed by atoms with Crippen LogP contribution < -0.4 is 9.88 Å². The van der Waals surface area contributed by atoms with E-state index < -0.39 is 6.04 Å². The summed E-state index contributed by atoms with van der Waals surface area (Å²) < 4.78 is 15.0. The number of benzene rings is 1. The van der Waals surface area contributed by atoms with Crippen LogP contribution in [0.1, 0.15) is 49.7 Å². The molecule has 25 heavy (non-hydrogen) atoms. The number of hydrogen-bond donors (Lipinski definition) is 1. The number of likely N-dealkylation sites (N-methyl/N-ethyl adjacent to an activating group) is 1. The maximum atomic E-state index is 13.2. The van der Waals surface area contributed by atoms with Crippen molar-refractivity contribution in [2.75, 3.05) is 6.54 Å². The number of hydrogen-bond acceptors (Lipinski definition) is 2. The van der Waals surface area contributed by atoms with Gasteiger partial charge in [0.05, 0.1) is 0 Å². The minimum Gasteiger partial charge on any atom is -0.374 e. The average Bonchev–Trinajstić information content (AvgIpc) is 2.55. The summed E-state index contributed by atoms with van der Waals surface area (Å²) in [5.74, 6) is -0.538. The van der Waals surface area contributed by atoms with Crippen molar-refractivity contribution in [2.24, 2.45) is 0 Å². The van der Waals surface area contributed by atoms with Crippen LogP contribution >= 0.6 is 12.2 Å². The van der Waals surface area contributed by atoms with E-state index in [2.05, 4.69) is 26.1 Å². The zero-order chi connectivity index (χ0) is 18.6. The van der Waals surface area contributed by atoms with Crippen molar-refractivity contribution in [3.05, 3.63) is 65.7 Å². The van der Waals surface area contributed by atoms with Crippen LogP contribution in [-0.2, 0) is 5.41 Å². The number of pyridine rings is 1. The summed E-state index contributed by atoms with van der Waals surface area (Å²) in [6.45, 7) is 8.97. The second kappa shape index (κ2) is 7.83. The molecule has 0 spiro atoms. The fourth-order valence-electron chi connectivity index (χ4n) is 2.54. The lowest BCUT2D eigenvalue weighted by molar-refractivity contribution is -0.692. The molecule has 0 aliphatic carbocycles. The molecule has 0 fully saturated rings. The molecule has 1 aromatic heterocycles. The molecule has 2 aromatic rings. The Morgan fingerprint density at radius 1 is 1.16 bits per heavy atom. The number of thiocarbonyl (C=S) groups is 1. The van der Waals surface area contributed by atoms with Crippen molar-refractivity contribution in [1.82, 2.24) is 5.32 Å². The molecule has 1 unspecified atom stereocenters. The molecule has 1 heterocycles. The number of nitrogens with one attached hydrogen (secondary N) is 1. The second-order valence-electron chi connectivity index (χ2n) is 6.95. The van der Waals surface area contributed by atoms with Gasteiger partial charge in [-0.25, -0.2) is 4.39 Å². The first-order chi connectivity index (χ1) is 11.7. The molecule has 2 rings (SSSR count). The van der Waals surface area contributed by atoms with Gasteiger partial charge in [0.1, 0.15) is 5.82 Å². The van der Waals surface area contributed by atoms with Crippen LogP contribution in [0.4, 0.5) is 4.39 Å². The topological polar surface area (TPSA) is 33.0 Å². The van der Waals surface area contributed by atoms with Gasteiger partial charge in [0.2, 0.25) is 5.78 Å². The summed E-state index contributed by atoms with van der Waals surface area (Å²) in [5.41, 5.74) is 1.63. The SMILES string of the molecule is CCNC(=S)C(C(=O)c1ccc(F)cc1)[n+]1ccc(C(C)(C)C)cc1. The maximum absolute atomic E-state index is 13.2. The predicted molar refractivity (Wildman–Crippen MR) is 101 cm³/mol. The zero-order valence-electron chi connectivity index (χ0n) is 15.0. The van der Waals surface area contributed by atoms with Crippen LogP contribution in [0.2, 0.25) is 0 Å². The number of halogens is 1. The Kier molecular flexibility index (Phi) is 6.01. The van der Waals surface area contributed by atoms with Gasteiger partial charge >= 0.3 is 0 Å². The number of carbonyl (C=O) groups is 1. The van der Waals surface area contributed by atoms with Crippen molar-refractivity contribution in [3.8, 4) is 0 Å². The van der Waals surface area contributed by atoms with Gasteiger partial charge in [-0.3, -0.25) is 4.79 Å². The monoisotopic (exact) mass is 359 g/mol. The molecule has 0 saturated heterocycles. The molecule has 1 atom stereocenters. The smallest absolute Gasteiger partial charge is 0.270 e. The summed E-state index contributed by atoms with van der Waals surface area (Å²) in [6.07, 6.45) is 3.74. The van der Waals surface area contributed by atoms with E-state index in [0.29, 0.717) is 17.1 Å². The van der Waals surface area contributed by atoms with Crippen molar-refractivity contribution in [3.63, 3.8) is 0 Å². The quantitative estimate of drug-likeness (QED) is 0.501. The first kappa shape index (κ1) is 19.2. The van der Waals surface area contributed by atoms with Gasteiger partial charge in [-0.2, -0.15) is 4.57 Å². The first-order valence-electron chi connectivity index (χ1n) is 8.33. The Morgan fingerprint density at radius 3 is 2.20 bits per heavy atom. The number of nitrogens with zero attached hydrogens (tertiary/aromatic N) is 1. The normalized spacial score (nSPS) is 12.5. The van der Waals surface area contributed by atoms with Gasteiger partial charge in [-0.15, -0.1) is 0 Å². The highest BCUT2D eigenvalue weighted by atomic mass is 32.1. The van der Waals surface area contributed by atoms with E-state index >= 15 is 0 Å². The fraction of sp³-hybridized carbons (Fsp3) is 0.350. The molecular formula is C20H24FN2OS+. The molecule has 1 aromatic carbocycles. The predicted octanol–water partition coefficient (Wildman–Crippen LogP) is 3.77. The van der Waals surface area contributed by atoms with Crippen molar-refractivity contribution >= 4 is 23.0 Å². The number of Topliss-reactive ketones (excluding diaryl/α,β-unsaturated/α-hetero) is 1. The Labute approximate surface area is 153 Å². The lowest BCUT2D eigenvalue weighted by atomic mass is 9.88. The highest BCUT2D eigenvalue weighted by Crippen LogP contribution is 2.21. The zero-order valence-corrected chi connectivity index (χ0v) is 15.9. The van der Waals surface area contributed by atoms with E-state index in [0.717, 1.165) is 0 Å². The Bertz CT molecular complexity index is 749. The molecular weight excluding hydrogens is 335 g/mol. The van der Waals surface area contributed by atoms with Gasteiger partial charge in [0, 0.05) is 24.2 Å². The first-order valence-corrected chi connectivity index (χ1v) is 8.73. The van der Waals surface area contributed by atoms with Crippen molar-refractivity contribution in [1.29, 1.82) is 0 Å². The van der Waals surface area contributed by atoms with E-state index in [9.17, 15) is 9.18 Å². The van der Waals surface area contributed by atoms with Gasteiger partial charge in [-0.1, -0.05) is 33.0 Å². The lowest BCUT2D eigenvalue weighted by Crippen LogP contribution is -2.51. The molecule has 0 amide bonds. The highest BCUT2D eigenvalue weighted by molar-refractivity contribution is 7.80. The Morgan fingerprint density at radius 2 is 1.72 bits per heavy atom. The minimum atomic E-state index is -0.658. The summed E-state index contributed by atoms with van der Waals surface area (Å²) in [5, 5.41) is 3.07. The third-order valence-corrected chi connectivity index (χ3v) is 4.36. The highest BCUT2D eigenvalue weighted by Gasteiger charge is 2.33. The number of carbonyl (C=O) groups excluding carboxylic acids is 1. The molecule has 0 bridgehead atoms. The molecule has 5 heteroatoms. The summed E-state index contributed by atoms with van der Waals surface area (Å²) in [7, 11) is 0. The van der Waals surface area contributed by atoms with Crippen LogP contribution in [0.5, 0.6) is 0 Å². The largest absolute Gasteiger partial charge is 0.374 e. The number of rotatable bonds is 5. The third kappa shape index (κ3) is 4.69. The van der Waals surface area contributed by atoms with Gasteiger partial charge in [0.25, 0.3) is 6.04 Å². The standard InChI is InChI=1S/C20H23FN2OS/c1-5-22-19(25)17(18(24)14-6-8-16(21)9-7-14)23-12-10-15(11-13-23)20(2,3)4/h6-13,17H,5H2,1-4H3/p+1. The van der Waals surface area contributed by atoms with Crippen molar-refractivity contribution in [2.45, 2.75) is 39.2 Å². The molecule has 0 saturated carbocycles. The van der Waals surface area contributed by atoms with Crippen LogP contribution in [0.15, 0.2) is 48.8 Å². The van der Waals surface area contributed by atoms with Crippen LogP contribution in [0.3, 0.4) is 0 Å². The van der Waals surface area contributed by atoms with Gasteiger partial charge in [-0.05, 0) is 42.2 Å². The van der Waals surface area contributed by atoms with Crippen molar-refractivity contribution < 1.29 is 13.8 Å². The van der Waals surface area contributed by atoms with Crippen LogP contribution in [-0.4, -0.2) is 17.3 Å². The summed E-state index contributed by atoms with van der Waals surface area (Å²) in [6, 6.07) is 8.89. The summed E-state index contributed by atoms with van der Waals surface area (Å²) in [4.78, 5) is 13.4. The molecule has 0 aliphatic heterocycles. The Balaban J connectivity index is 2.40. The average molecular weight is 359 g/mol. The fourth-order valence-corrected chi connectivity index (χ4v) is 2.92. The van der Waals surface area contributed by atoms with E-state index in [1.54, 1.807) is 4.57 Å². The third-order valence-electron chi connectivity index (χ3n) is 3.99.